The third-order valence-electron chi connectivity index (χ3n) is 4.21. The number of halogens is 3. The van der Waals surface area contributed by atoms with Crippen molar-refractivity contribution in [3.8, 4) is 5.75 Å². The van der Waals surface area contributed by atoms with Crippen molar-refractivity contribution < 1.29 is 32.2 Å². The summed E-state index contributed by atoms with van der Waals surface area (Å²) in [7, 11) is 0. The molecule has 10 heteroatoms. The number of alkyl halides is 3. The van der Waals surface area contributed by atoms with Crippen molar-refractivity contribution >= 4 is 12.0 Å². The molecule has 1 fully saturated rings. The van der Waals surface area contributed by atoms with Crippen molar-refractivity contribution in [3.63, 3.8) is 0 Å². The molecule has 1 aromatic rings. The molecule has 1 atom stereocenters. The van der Waals surface area contributed by atoms with Crippen LogP contribution in [0.3, 0.4) is 0 Å². The number of amides is 2. The van der Waals surface area contributed by atoms with Gasteiger partial charge in [0, 0.05) is 25.8 Å². The van der Waals surface area contributed by atoms with Gasteiger partial charge in [0.15, 0.2) is 11.4 Å². The maximum absolute atomic E-state index is 12.9. The molecule has 27 heavy (non-hydrogen) atoms. The Kier molecular flexibility index (Phi) is 4.69. The fourth-order valence-electron chi connectivity index (χ4n) is 2.95. The first-order chi connectivity index (χ1) is 12.5. The van der Waals surface area contributed by atoms with Crippen LogP contribution < -0.4 is 4.74 Å². The van der Waals surface area contributed by atoms with E-state index < -0.39 is 35.4 Å². The molecule has 0 N–H and O–H groups in total. The lowest BCUT2D eigenvalue weighted by Gasteiger charge is -2.40. The molecule has 0 saturated carbocycles. The molecule has 0 radical (unpaired) electrons. The highest BCUT2D eigenvalue weighted by molar-refractivity contribution is 5.95. The number of piperazine rings is 1. The van der Waals surface area contributed by atoms with E-state index in [-0.39, 0.29) is 37.7 Å². The molecule has 0 spiro atoms. The third kappa shape index (κ3) is 4.09. The van der Waals surface area contributed by atoms with Crippen LogP contribution in [-0.4, -0.2) is 64.7 Å². The van der Waals surface area contributed by atoms with Crippen molar-refractivity contribution in [3.05, 3.63) is 23.5 Å². The van der Waals surface area contributed by atoms with E-state index in [1.54, 1.807) is 20.8 Å². The van der Waals surface area contributed by atoms with Gasteiger partial charge in [-0.05, 0) is 26.8 Å². The summed E-state index contributed by atoms with van der Waals surface area (Å²) in [4.78, 5) is 31.6. The van der Waals surface area contributed by atoms with Crippen LogP contribution in [-0.2, 0) is 10.9 Å². The molecule has 2 aliphatic heterocycles. The van der Waals surface area contributed by atoms with Gasteiger partial charge in [0.25, 0.3) is 5.91 Å². The fraction of sp³-hybridized carbons (Fsp3) is 0.588. The third-order valence-corrected chi connectivity index (χ3v) is 4.21. The topological polar surface area (TPSA) is 72.0 Å². The van der Waals surface area contributed by atoms with Crippen molar-refractivity contribution in [1.29, 1.82) is 0 Å². The average Bonchev–Trinajstić information content (AvgIpc) is 2.69. The Labute approximate surface area is 154 Å². The highest BCUT2D eigenvalue weighted by Gasteiger charge is 2.40. The maximum Gasteiger partial charge on any atom is 0.418 e. The van der Waals surface area contributed by atoms with E-state index in [0.717, 1.165) is 6.07 Å². The van der Waals surface area contributed by atoms with Gasteiger partial charge < -0.3 is 19.3 Å². The van der Waals surface area contributed by atoms with E-state index in [2.05, 4.69) is 4.98 Å². The van der Waals surface area contributed by atoms with Crippen LogP contribution in [0.25, 0.3) is 0 Å². The summed E-state index contributed by atoms with van der Waals surface area (Å²) in [6, 6.07) is 0.284. The first-order valence-corrected chi connectivity index (χ1v) is 8.44. The monoisotopic (exact) mass is 387 g/mol. The number of hydrogen-bond acceptors (Lipinski definition) is 5. The molecule has 0 aromatic carbocycles. The van der Waals surface area contributed by atoms with Gasteiger partial charge in [-0.25, -0.2) is 9.78 Å². The average molecular weight is 387 g/mol. The second kappa shape index (κ2) is 6.58. The van der Waals surface area contributed by atoms with E-state index >= 15 is 0 Å². The number of carbonyl (C=O) groups excluding carboxylic acids is 2. The van der Waals surface area contributed by atoms with Gasteiger partial charge in [-0.1, -0.05) is 0 Å². The van der Waals surface area contributed by atoms with Gasteiger partial charge in [-0.3, -0.25) is 4.79 Å². The SMILES string of the molecule is CC(C)(C)OC(=O)N1CCN2C(=O)c3ncc(C(F)(F)F)cc3OC[C@H]2C1. The number of pyridine rings is 1. The smallest absolute Gasteiger partial charge is 0.418 e. The minimum atomic E-state index is -4.58. The van der Waals surface area contributed by atoms with Gasteiger partial charge >= 0.3 is 12.3 Å². The zero-order valence-electron chi connectivity index (χ0n) is 15.2. The minimum absolute atomic E-state index is 0.0406. The van der Waals surface area contributed by atoms with Crippen LogP contribution in [0, 0.1) is 0 Å². The number of hydrogen-bond donors (Lipinski definition) is 0. The van der Waals surface area contributed by atoms with Gasteiger partial charge in [-0.15, -0.1) is 0 Å². The number of ether oxygens (including phenoxy) is 2. The standard InChI is InChI=1S/C17H20F3N3O4/c1-16(2,3)27-15(25)22-4-5-23-11(8-22)9-26-12-6-10(17(18,19)20)7-21-13(12)14(23)24/h6-7,11H,4-5,8-9H2,1-3H3/t11-/m1/s1. The van der Waals surface area contributed by atoms with Crippen LogP contribution in [0.2, 0.25) is 0 Å². The lowest BCUT2D eigenvalue weighted by atomic mass is 10.1. The predicted molar refractivity (Wildman–Crippen MR) is 87.4 cm³/mol. The molecule has 2 amide bonds. The molecule has 7 nitrogen and oxygen atoms in total. The lowest BCUT2D eigenvalue weighted by molar-refractivity contribution is -0.138. The molecule has 1 saturated heterocycles. The highest BCUT2D eigenvalue weighted by Crippen LogP contribution is 2.34. The Balaban J connectivity index is 1.79. The largest absolute Gasteiger partial charge is 0.489 e. The molecule has 3 rings (SSSR count). The lowest BCUT2D eigenvalue weighted by Crippen LogP contribution is -2.58. The normalized spacial score (nSPS) is 20.4. The molecule has 0 bridgehead atoms. The Hall–Kier alpha value is -2.52. The predicted octanol–water partition coefficient (Wildman–Crippen LogP) is 2.55. The molecular weight excluding hydrogens is 367 g/mol. The summed E-state index contributed by atoms with van der Waals surface area (Å²) in [5.41, 5.74) is -1.79. The molecule has 148 valence electrons. The first kappa shape index (κ1) is 19.2. The molecule has 2 aliphatic rings. The van der Waals surface area contributed by atoms with Crippen molar-refractivity contribution in [2.24, 2.45) is 0 Å². The zero-order valence-corrected chi connectivity index (χ0v) is 15.2. The summed E-state index contributed by atoms with van der Waals surface area (Å²) in [5.74, 6) is -0.710. The Morgan fingerprint density at radius 2 is 2.00 bits per heavy atom. The molecule has 0 aliphatic carbocycles. The summed E-state index contributed by atoms with van der Waals surface area (Å²) < 4.78 is 49.4. The Morgan fingerprint density at radius 1 is 1.30 bits per heavy atom. The van der Waals surface area contributed by atoms with Crippen LogP contribution in [0.1, 0.15) is 36.8 Å². The van der Waals surface area contributed by atoms with Gasteiger partial charge in [0.05, 0.1) is 11.6 Å². The van der Waals surface area contributed by atoms with Gasteiger partial charge in [-0.2, -0.15) is 13.2 Å². The van der Waals surface area contributed by atoms with Crippen molar-refractivity contribution in [1.82, 2.24) is 14.8 Å². The van der Waals surface area contributed by atoms with Crippen LogP contribution in [0.15, 0.2) is 12.3 Å². The van der Waals surface area contributed by atoms with E-state index in [1.165, 1.54) is 9.80 Å². The summed E-state index contributed by atoms with van der Waals surface area (Å²) in [6.45, 7) is 5.85. The zero-order chi connectivity index (χ0) is 20.0. The fourth-order valence-corrected chi connectivity index (χ4v) is 2.95. The summed E-state index contributed by atoms with van der Waals surface area (Å²) >= 11 is 0. The summed E-state index contributed by atoms with van der Waals surface area (Å²) in [6.07, 6.45) is -4.47. The minimum Gasteiger partial charge on any atom is -0.489 e. The van der Waals surface area contributed by atoms with Crippen LogP contribution in [0.5, 0.6) is 5.75 Å². The van der Waals surface area contributed by atoms with Gasteiger partial charge in [0.2, 0.25) is 0 Å². The van der Waals surface area contributed by atoms with Crippen LogP contribution in [0.4, 0.5) is 18.0 Å². The van der Waals surface area contributed by atoms with E-state index in [1.807, 2.05) is 0 Å². The van der Waals surface area contributed by atoms with Crippen LogP contribution >= 0.6 is 0 Å². The molecule has 0 unspecified atom stereocenters. The first-order valence-electron chi connectivity index (χ1n) is 8.44. The Bertz CT molecular complexity index is 761. The highest BCUT2D eigenvalue weighted by atomic mass is 19.4. The number of carbonyl (C=O) groups is 2. The van der Waals surface area contributed by atoms with Gasteiger partial charge in [0.1, 0.15) is 12.2 Å². The molecule has 3 heterocycles. The second-order valence-corrected chi connectivity index (χ2v) is 7.46. The van der Waals surface area contributed by atoms with E-state index in [4.69, 9.17) is 9.47 Å². The number of fused-ring (bicyclic) bond motifs is 2. The second-order valence-electron chi connectivity index (χ2n) is 7.46. The Morgan fingerprint density at radius 3 is 2.63 bits per heavy atom. The number of nitrogens with zero attached hydrogens (tertiary/aromatic N) is 3. The maximum atomic E-state index is 12.9. The number of aromatic nitrogens is 1. The van der Waals surface area contributed by atoms with Crippen molar-refractivity contribution in [2.75, 3.05) is 26.2 Å². The van der Waals surface area contributed by atoms with Crippen molar-refractivity contribution in [2.45, 2.75) is 38.6 Å². The molecule has 1 aromatic heterocycles. The van der Waals surface area contributed by atoms with E-state index in [9.17, 15) is 22.8 Å². The number of rotatable bonds is 0. The molecular formula is C17H20F3N3O4. The van der Waals surface area contributed by atoms with E-state index in [0.29, 0.717) is 6.20 Å². The quantitative estimate of drug-likeness (QED) is 0.684. The summed E-state index contributed by atoms with van der Waals surface area (Å²) in [5, 5.41) is 0.